The Labute approximate surface area is 378 Å². The van der Waals surface area contributed by atoms with Gasteiger partial charge in [0.05, 0.1) is 25.4 Å². The van der Waals surface area contributed by atoms with Gasteiger partial charge in [0.1, 0.15) is 0 Å². The number of ether oxygens (including phenoxy) is 1. The van der Waals surface area contributed by atoms with Crippen LogP contribution in [0.3, 0.4) is 0 Å². The zero-order valence-electron chi connectivity index (χ0n) is 40.4. The number of esters is 1. The quantitative estimate of drug-likeness (QED) is 0.0322. The summed E-state index contributed by atoms with van der Waals surface area (Å²) in [6.45, 7) is 4.74. The number of aliphatic hydroxyl groups is 2. The van der Waals surface area contributed by atoms with Crippen molar-refractivity contribution < 1.29 is 24.5 Å². The minimum Gasteiger partial charge on any atom is -0.465 e. The molecule has 0 saturated heterocycles. The summed E-state index contributed by atoms with van der Waals surface area (Å²) in [6, 6.07) is -0.631. The Morgan fingerprint density at radius 1 is 0.459 bits per heavy atom. The maximum absolute atomic E-state index is 12.4. The van der Waals surface area contributed by atoms with Crippen LogP contribution in [0.15, 0.2) is 48.6 Å². The number of carbonyl (C=O) groups is 2. The Morgan fingerprint density at radius 2 is 0.820 bits per heavy atom. The number of aliphatic hydroxyl groups excluding tert-OH is 2. The second kappa shape index (κ2) is 50.5. The molecule has 0 saturated carbocycles. The molecule has 1 amide bonds. The van der Waals surface area contributed by atoms with E-state index in [2.05, 4.69) is 55.6 Å². The molecule has 0 fully saturated rings. The molecule has 0 bridgehead atoms. The Hall–Kier alpha value is -2.18. The fraction of sp³-hybridized carbons (Fsp3) is 0.818. The van der Waals surface area contributed by atoms with Gasteiger partial charge in [0.25, 0.3) is 0 Å². The summed E-state index contributed by atoms with van der Waals surface area (Å²) in [6.07, 6.45) is 62.8. The fourth-order valence-electron chi connectivity index (χ4n) is 7.76. The van der Waals surface area contributed by atoms with E-state index in [-0.39, 0.29) is 18.5 Å². The normalized spacial score (nSPS) is 13.0. The van der Waals surface area contributed by atoms with Crippen molar-refractivity contribution in [3.63, 3.8) is 0 Å². The van der Waals surface area contributed by atoms with Crippen LogP contribution in [0.25, 0.3) is 0 Å². The molecule has 2 atom stereocenters. The zero-order valence-corrected chi connectivity index (χ0v) is 40.4. The monoisotopic (exact) mass is 856 g/mol. The highest BCUT2D eigenvalue weighted by Crippen LogP contribution is 2.15. The second-order valence-electron chi connectivity index (χ2n) is 17.8. The van der Waals surface area contributed by atoms with Crippen molar-refractivity contribution in [3.05, 3.63) is 48.6 Å². The molecule has 0 aliphatic heterocycles. The molecule has 0 aromatic heterocycles. The number of rotatable bonds is 48. The fourth-order valence-corrected chi connectivity index (χ4v) is 7.76. The van der Waals surface area contributed by atoms with E-state index in [0.717, 1.165) is 51.4 Å². The van der Waals surface area contributed by atoms with Gasteiger partial charge in [0, 0.05) is 12.8 Å². The average molecular weight is 856 g/mol. The first kappa shape index (κ1) is 58.8. The van der Waals surface area contributed by atoms with Crippen LogP contribution in [0, 0.1) is 0 Å². The minimum atomic E-state index is -0.847. The standard InChI is InChI=1S/C55H101NO5/c1-3-5-7-9-11-13-15-29-33-37-41-45-49-55(60)61-50-46-42-38-34-30-26-24-22-20-18-16-17-19-21-23-25-28-32-36-40-44-48-54(59)56-52(51-57)53(58)47-43-39-35-31-27-14-12-10-8-6-4-2/h11,13,26,30,38,42-43,47,52-53,57-58H,3-10,12,14-25,27-29,31-37,39-41,44-46,48-51H2,1-2H3,(H,56,59)/b13-11-,30-26-,42-38-,47-43+. The molecule has 0 aromatic carbocycles. The van der Waals surface area contributed by atoms with E-state index in [1.54, 1.807) is 6.08 Å². The molecular weight excluding hydrogens is 755 g/mol. The molecule has 2 unspecified atom stereocenters. The van der Waals surface area contributed by atoms with E-state index in [1.165, 1.54) is 186 Å². The molecule has 0 spiro atoms. The molecule has 6 nitrogen and oxygen atoms in total. The van der Waals surface area contributed by atoms with Crippen molar-refractivity contribution in [2.45, 2.75) is 276 Å². The maximum atomic E-state index is 12.4. The number of carbonyl (C=O) groups excluding carboxylic acids is 2. The topological polar surface area (TPSA) is 95.9 Å². The molecule has 61 heavy (non-hydrogen) atoms. The molecule has 0 heterocycles. The van der Waals surface area contributed by atoms with E-state index in [1.807, 2.05) is 6.08 Å². The van der Waals surface area contributed by atoms with Crippen LogP contribution in [0.2, 0.25) is 0 Å². The lowest BCUT2D eigenvalue weighted by atomic mass is 10.0. The summed E-state index contributed by atoms with van der Waals surface area (Å²) in [5.74, 6) is -0.122. The first-order valence-electron chi connectivity index (χ1n) is 26.4. The van der Waals surface area contributed by atoms with E-state index in [9.17, 15) is 19.8 Å². The summed E-state index contributed by atoms with van der Waals surface area (Å²) >= 11 is 0. The smallest absolute Gasteiger partial charge is 0.305 e. The van der Waals surface area contributed by atoms with Crippen LogP contribution in [-0.4, -0.2) is 47.4 Å². The number of allylic oxidation sites excluding steroid dienone is 6. The highest BCUT2D eigenvalue weighted by atomic mass is 16.5. The minimum absolute atomic E-state index is 0.0469. The van der Waals surface area contributed by atoms with Gasteiger partial charge in [-0.05, 0) is 77.0 Å². The predicted octanol–water partition coefficient (Wildman–Crippen LogP) is 15.8. The third kappa shape index (κ3) is 47.1. The SMILES string of the molecule is CCCCC/C=C\CCCCCCCC(=O)OCC/C=C\C/C=C\CCCCCCCCCCCCCCCCC(=O)NC(CO)C(O)/C=C/CCCCCCCCCCC. The summed E-state index contributed by atoms with van der Waals surface area (Å²) in [5, 5.41) is 23.0. The summed E-state index contributed by atoms with van der Waals surface area (Å²) in [5.41, 5.74) is 0. The van der Waals surface area contributed by atoms with E-state index in [4.69, 9.17) is 4.74 Å². The van der Waals surface area contributed by atoms with Gasteiger partial charge in [-0.2, -0.15) is 0 Å². The lowest BCUT2D eigenvalue weighted by Crippen LogP contribution is -2.45. The Morgan fingerprint density at radius 3 is 1.30 bits per heavy atom. The summed E-state index contributed by atoms with van der Waals surface area (Å²) in [4.78, 5) is 24.4. The van der Waals surface area contributed by atoms with Crippen LogP contribution in [-0.2, 0) is 14.3 Å². The Kier molecular flexibility index (Phi) is 48.7. The van der Waals surface area contributed by atoms with E-state index >= 15 is 0 Å². The summed E-state index contributed by atoms with van der Waals surface area (Å²) in [7, 11) is 0. The molecule has 3 N–H and O–H groups in total. The molecule has 0 aliphatic carbocycles. The average Bonchev–Trinajstić information content (AvgIpc) is 3.26. The molecule has 0 radical (unpaired) electrons. The number of nitrogens with one attached hydrogen (secondary N) is 1. The molecule has 0 aliphatic rings. The molecular formula is C55H101NO5. The van der Waals surface area contributed by atoms with Gasteiger partial charge in [0.2, 0.25) is 5.91 Å². The number of hydrogen-bond donors (Lipinski definition) is 3. The van der Waals surface area contributed by atoms with Crippen molar-refractivity contribution >= 4 is 11.9 Å². The Bertz CT molecular complexity index is 1040. The maximum Gasteiger partial charge on any atom is 0.305 e. The first-order valence-corrected chi connectivity index (χ1v) is 26.4. The van der Waals surface area contributed by atoms with Crippen molar-refractivity contribution in [2.75, 3.05) is 13.2 Å². The third-order valence-electron chi connectivity index (χ3n) is 11.8. The van der Waals surface area contributed by atoms with Crippen LogP contribution in [0.5, 0.6) is 0 Å². The van der Waals surface area contributed by atoms with Gasteiger partial charge in [-0.1, -0.05) is 223 Å². The van der Waals surface area contributed by atoms with Gasteiger partial charge < -0.3 is 20.3 Å². The van der Waals surface area contributed by atoms with Gasteiger partial charge in [-0.3, -0.25) is 9.59 Å². The van der Waals surface area contributed by atoms with Crippen LogP contribution in [0.4, 0.5) is 0 Å². The van der Waals surface area contributed by atoms with Crippen LogP contribution >= 0.6 is 0 Å². The zero-order chi connectivity index (χ0) is 44.4. The second-order valence-corrected chi connectivity index (χ2v) is 17.8. The molecule has 0 aromatic rings. The number of hydrogen-bond acceptors (Lipinski definition) is 5. The van der Waals surface area contributed by atoms with Crippen molar-refractivity contribution in [1.82, 2.24) is 5.32 Å². The lowest BCUT2D eigenvalue weighted by molar-refractivity contribution is -0.143. The Balaban J connectivity index is 3.48. The first-order chi connectivity index (χ1) is 30.0. The highest BCUT2D eigenvalue weighted by Gasteiger charge is 2.18. The van der Waals surface area contributed by atoms with E-state index < -0.39 is 12.1 Å². The number of amides is 1. The predicted molar refractivity (Wildman–Crippen MR) is 264 cm³/mol. The van der Waals surface area contributed by atoms with Gasteiger partial charge >= 0.3 is 5.97 Å². The van der Waals surface area contributed by atoms with Crippen molar-refractivity contribution in [3.8, 4) is 0 Å². The summed E-state index contributed by atoms with van der Waals surface area (Å²) < 4.78 is 5.39. The van der Waals surface area contributed by atoms with Gasteiger partial charge in [-0.25, -0.2) is 0 Å². The van der Waals surface area contributed by atoms with Crippen LogP contribution in [0.1, 0.15) is 264 Å². The lowest BCUT2D eigenvalue weighted by Gasteiger charge is -2.20. The molecule has 6 heteroatoms. The van der Waals surface area contributed by atoms with Gasteiger partial charge in [0.15, 0.2) is 0 Å². The van der Waals surface area contributed by atoms with Crippen molar-refractivity contribution in [2.24, 2.45) is 0 Å². The van der Waals surface area contributed by atoms with Crippen molar-refractivity contribution in [1.29, 1.82) is 0 Å². The van der Waals surface area contributed by atoms with Crippen LogP contribution < -0.4 is 5.32 Å². The van der Waals surface area contributed by atoms with Gasteiger partial charge in [-0.15, -0.1) is 0 Å². The molecule has 356 valence electrons. The largest absolute Gasteiger partial charge is 0.465 e. The highest BCUT2D eigenvalue weighted by molar-refractivity contribution is 5.76. The molecule has 0 rings (SSSR count). The van der Waals surface area contributed by atoms with E-state index in [0.29, 0.717) is 19.4 Å². The number of unbranched alkanes of at least 4 members (excludes halogenated alkanes) is 31. The third-order valence-corrected chi connectivity index (χ3v) is 11.8.